The Balaban J connectivity index is 1.76. The van der Waals surface area contributed by atoms with Gasteiger partial charge in [-0.3, -0.25) is 9.69 Å². The molecule has 5 nitrogen and oxygen atoms in total. The largest absolute Gasteiger partial charge is 0.435 e. The van der Waals surface area contributed by atoms with Crippen LogP contribution in [-0.2, 0) is 11.3 Å². The number of alkyl halides is 2. The molecule has 2 N–H and O–H groups in total. The van der Waals surface area contributed by atoms with Crippen LogP contribution in [0.3, 0.4) is 0 Å². The average molecular weight is 313 g/mol. The molecule has 1 atom stereocenters. The van der Waals surface area contributed by atoms with Gasteiger partial charge in [0, 0.05) is 32.2 Å². The lowest BCUT2D eigenvalue weighted by Gasteiger charge is -2.33. The molecular formula is C15H21F2N3O2. The van der Waals surface area contributed by atoms with Gasteiger partial charge in [-0.2, -0.15) is 8.78 Å². The molecule has 0 spiro atoms. The van der Waals surface area contributed by atoms with E-state index in [1.54, 1.807) is 12.1 Å². The zero-order valence-electron chi connectivity index (χ0n) is 12.5. The monoisotopic (exact) mass is 313 g/mol. The lowest BCUT2D eigenvalue weighted by Crippen LogP contribution is -2.52. The first kappa shape index (κ1) is 16.6. The predicted octanol–water partition coefficient (Wildman–Crippen LogP) is 1.20. The van der Waals surface area contributed by atoms with E-state index in [2.05, 4.69) is 27.2 Å². The van der Waals surface area contributed by atoms with Crippen LogP contribution < -0.4 is 15.4 Å². The van der Waals surface area contributed by atoms with Crippen molar-refractivity contribution < 1.29 is 18.3 Å². The molecule has 0 saturated carbocycles. The Morgan fingerprint density at radius 1 is 1.45 bits per heavy atom. The number of piperazine rings is 1. The van der Waals surface area contributed by atoms with Crippen molar-refractivity contribution in [3.05, 3.63) is 29.8 Å². The Bertz CT molecular complexity index is 482. The molecule has 0 aromatic heterocycles. The van der Waals surface area contributed by atoms with Gasteiger partial charge in [-0.25, -0.2) is 0 Å². The van der Waals surface area contributed by atoms with Gasteiger partial charge in [-0.1, -0.05) is 12.1 Å². The van der Waals surface area contributed by atoms with Crippen LogP contribution in [-0.4, -0.2) is 49.6 Å². The zero-order valence-corrected chi connectivity index (χ0v) is 12.5. The fourth-order valence-electron chi connectivity index (χ4n) is 2.35. The van der Waals surface area contributed by atoms with Crippen molar-refractivity contribution in [3.8, 4) is 5.75 Å². The molecule has 22 heavy (non-hydrogen) atoms. The van der Waals surface area contributed by atoms with E-state index in [1.807, 2.05) is 0 Å². The van der Waals surface area contributed by atoms with E-state index < -0.39 is 6.61 Å². The van der Waals surface area contributed by atoms with Gasteiger partial charge in [0.25, 0.3) is 0 Å². The highest BCUT2D eigenvalue weighted by Crippen LogP contribution is 2.14. The normalized spacial score (nSPS) is 19.2. The highest BCUT2D eigenvalue weighted by Gasteiger charge is 2.19. The third-order valence-corrected chi connectivity index (χ3v) is 3.62. The number of nitrogens with one attached hydrogen (secondary N) is 2. The zero-order chi connectivity index (χ0) is 15.9. The van der Waals surface area contributed by atoms with Crippen molar-refractivity contribution >= 4 is 5.91 Å². The fraction of sp³-hybridized carbons (Fsp3) is 0.533. The summed E-state index contributed by atoms with van der Waals surface area (Å²) in [6.45, 7) is 2.63. The van der Waals surface area contributed by atoms with Crippen LogP contribution in [0.1, 0.15) is 12.5 Å². The number of benzene rings is 1. The molecule has 1 aromatic rings. The number of hydrogen-bond donors (Lipinski definition) is 2. The van der Waals surface area contributed by atoms with Crippen LogP contribution in [0.5, 0.6) is 5.75 Å². The quantitative estimate of drug-likeness (QED) is 0.829. The molecule has 1 aliphatic rings. The third kappa shape index (κ3) is 5.23. The highest BCUT2D eigenvalue weighted by atomic mass is 19.3. The van der Waals surface area contributed by atoms with Crippen LogP contribution in [0.15, 0.2) is 24.3 Å². The summed E-state index contributed by atoms with van der Waals surface area (Å²) in [6.07, 6.45) is 0. The molecule has 122 valence electrons. The smallest absolute Gasteiger partial charge is 0.387 e. The number of hydrogen-bond acceptors (Lipinski definition) is 4. The maximum absolute atomic E-state index is 12.0. The molecule has 0 unspecified atom stereocenters. The van der Waals surface area contributed by atoms with Crippen LogP contribution in [0, 0.1) is 0 Å². The van der Waals surface area contributed by atoms with Gasteiger partial charge in [-0.05, 0) is 24.6 Å². The number of halogens is 2. The Morgan fingerprint density at radius 3 is 2.82 bits per heavy atom. The fourth-order valence-corrected chi connectivity index (χ4v) is 2.35. The summed E-state index contributed by atoms with van der Waals surface area (Å²) in [5.74, 6) is 0.0707. The van der Waals surface area contributed by atoms with E-state index in [0.29, 0.717) is 19.1 Å². The Morgan fingerprint density at radius 2 is 2.18 bits per heavy atom. The highest BCUT2D eigenvalue weighted by molar-refractivity contribution is 5.78. The number of nitrogens with zero attached hydrogens (tertiary/aromatic N) is 1. The van der Waals surface area contributed by atoms with E-state index in [-0.39, 0.29) is 11.7 Å². The number of amides is 1. The van der Waals surface area contributed by atoms with E-state index in [1.165, 1.54) is 12.1 Å². The minimum absolute atomic E-state index is 0.0401. The van der Waals surface area contributed by atoms with Gasteiger partial charge < -0.3 is 15.4 Å². The lowest BCUT2D eigenvalue weighted by molar-refractivity contribution is -0.123. The lowest BCUT2D eigenvalue weighted by atomic mass is 10.2. The number of carbonyl (C=O) groups excluding carboxylic acids is 1. The first-order valence-electron chi connectivity index (χ1n) is 7.30. The topological polar surface area (TPSA) is 53.6 Å². The summed E-state index contributed by atoms with van der Waals surface area (Å²) in [7, 11) is 0. The first-order chi connectivity index (χ1) is 10.5. The van der Waals surface area contributed by atoms with Gasteiger partial charge in [0.2, 0.25) is 5.91 Å². The molecule has 7 heteroatoms. The van der Waals surface area contributed by atoms with Gasteiger partial charge in [0.1, 0.15) is 5.75 Å². The first-order valence-corrected chi connectivity index (χ1v) is 7.30. The Hall–Kier alpha value is -1.73. The van der Waals surface area contributed by atoms with Gasteiger partial charge in [0.05, 0.1) is 6.54 Å². The molecule has 1 aromatic carbocycles. The molecule has 1 heterocycles. The summed E-state index contributed by atoms with van der Waals surface area (Å²) in [4.78, 5) is 14.1. The number of ether oxygens (including phenoxy) is 1. The van der Waals surface area contributed by atoms with E-state index in [9.17, 15) is 13.6 Å². The van der Waals surface area contributed by atoms with Crippen molar-refractivity contribution in [2.45, 2.75) is 26.1 Å². The standard InChI is InChI=1S/C15H21F2N3O2/c1-11-8-18-6-7-20(11)10-14(21)19-9-12-2-4-13(5-3-12)22-15(16)17/h2-5,11,15,18H,6-10H2,1H3,(H,19,21)/t11-/m1/s1. The van der Waals surface area contributed by atoms with Gasteiger partial charge in [0.15, 0.2) is 0 Å². The van der Waals surface area contributed by atoms with E-state index in [0.717, 1.165) is 25.2 Å². The maximum atomic E-state index is 12.0. The molecule has 1 fully saturated rings. The summed E-state index contributed by atoms with van der Waals surface area (Å²) >= 11 is 0. The van der Waals surface area contributed by atoms with Crippen molar-refractivity contribution in [3.63, 3.8) is 0 Å². The molecule has 0 radical (unpaired) electrons. The summed E-state index contributed by atoms with van der Waals surface area (Å²) < 4.78 is 28.4. The Kier molecular flexibility index (Phi) is 6.09. The minimum atomic E-state index is -2.83. The second-order valence-corrected chi connectivity index (χ2v) is 5.32. The summed E-state index contributed by atoms with van der Waals surface area (Å²) in [5.41, 5.74) is 0.836. The predicted molar refractivity (Wildman–Crippen MR) is 78.8 cm³/mol. The molecule has 1 aliphatic heterocycles. The second-order valence-electron chi connectivity index (χ2n) is 5.32. The summed E-state index contributed by atoms with van der Waals surface area (Å²) in [5, 5.41) is 6.11. The van der Waals surface area contributed by atoms with Crippen LogP contribution >= 0.6 is 0 Å². The SMILES string of the molecule is C[C@@H]1CNCCN1CC(=O)NCc1ccc(OC(F)F)cc1. The summed E-state index contributed by atoms with van der Waals surface area (Å²) in [6, 6.07) is 6.58. The van der Waals surface area contributed by atoms with E-state index >= 15 is 0 Å². The average Bonchev–Trinajstić information content (AvgIpc) is 2.48. The van der Waals surface area contributed by atoms with Crippen LogP contribution in [0.25, 0.3) is 0 Å². The molecule has 1 saturated heterocycles. The van der Waals surface area contributed by atoms with Crippen LogP contribution in [0.2, 0.25) is 0 Å². The molecular weight excluding hydrogens is 292 g/mol. The van der Waals surface area contributed by atoms with Crippen molar-refractivity contribution in [1.82, 2.24) is 15.5 Å². The maximum Gasteiger partial charge on any atom is 0.387 e. The van der Waals surface area contributed by atoms with E-state index in [4.69, 9.17) is 0 Å². The third-order valence-electron chi connectivity index (χ3n) is 3.62. The van der Waals surface area contributed by atoms with Crippen LogP contribution in [0.4, 0.5) is 8.78 Å². The molecule has 1 amide bonds. The minimum Gasteiger partial charge on any atom is -0.435 e. The van der Waals surface area contributed by atoms with Crippen molar-refractivity contribution in [2.24, 2.45) is 0 Å². The van der Waals surface area contributed by atoms with Crippen molar-refractivity contribution in [2.75, 3.05) is 26.2 Å². The van der Waals surface area contributed by atoms with Gasteiger partial charge >= 0.3 is 6.61 Å². The molecule has 2 rings (SSSR count). The van der Waals surface area contributed by atoms with Crippen molar-refractivity contribution in [1.29, 1.82) is 0 Å². The second kappa shape index (κ2) is 8.05. The number of carbonyl (C=O) groups is 1. The molecule has 0 aliphatic carbocycles. The molecule has 0 bridgehead atoms. The van der Waals surface area contributed by atoms with Gasteiger partial charge in [-0.15, -0.1) is 0 Å². The number of rotatable bonds is 6. The Labute approximate surface area is 128 Å².